The Kier molecular flexibility index (Phi) is 5.99. The number of hydrogen-bond donors (Lipinski definition) is 1. The number of carbonyl (C=O) groups excluding carboxylic acids is 1. The lowest BCUT2D eigenvalue weighted by Gasteiger charge is -2.38. The third-order valence-corrected chi connectivity index (χ3v) is 9.09. The van der Waals surface area contributed by atoms with Crippen LogP contribution in [0.25, 0.3) is 10.8 Å². The molecule has 0 bridgehead atoms. The Morgan fingerprint density at radius 3 is 2.33 bits per heavy atom. The summed E-state index contributed by atoms with van der Waals surface area (Å²) in [6.07, 6.45) is 6.19. The molecule has 40 heavy (non-hydrogen) atoms. The zero-order valence-electron chi connectivity index (χ0n) is 23.5. The normalized spacial score (nSPS) is 19.5. The van der Waals surface area contributed by atoms with Gasteiger partial charge in [0.2, 0.25) is 0 Å². The molecule has 1 fully saturated rings. The van der Waals surface area contributed by atoms with E-state index in [0.29, 0.717) is 11.6 Å². The summed E-state index contributed by atoms with van der Waals surface area (Å²) in [5.41, 5.74) is 5.47. The van der Waals surface area contributed by atoms with E-state index in [9.17, 15) is 4.79 Å². The molecule has 4 aromatic rings. The number of esters is 1. The van der Waals surface area contributed by atoms with Crippen molar-refractivity contribution in [3.05, 3.63) is 94.5 Å². The molecule has 0 aromatic heterocycles. The lowest BCUT2D eigenvalue weighted by molar-refractivity contribution is 0.0224. The van der Waals surface area contributed by atoms with Gasteiger partial charge in [0, 0.05) is 53.3 Å². The van der Waals surface area contributed by atoms with Crippen LogP contribution in [0.4, 0.5) is 11.4 Å². The lowest BCUT2D eigenvalue weighted by Crippen LogP contribution is -2.34. The smallest absolute Gasteiger partial charge is 0.340 e. The highest BCUT2D eigenvalue weighted by atomic mass is 16.6. The number of aryl methyl sites for hydroxylation is 1. The van der Waals surface area contributed by atoms with E-state index < -0.39 is 5.60 Å². The van der Waals surface area contributed by atoms with Crippen molar-refractivity contribution >= 4 is 28.1 Å². The van der Waals surface area contributed by atoms with E-state index in [2.05, 4.69) is 73.5 Å². The number of fused-ring (bicyclic) bond motifs is 7. The van der Waals surface area contributed by atoms with Gasteiger partial charge < -0.3 is 19.7 Å². The zero-order chi connectivity index (χ0) is 27.4. The van der Waals surface area contributed by atoms with Crippen molar-refractivity contribution in [3.63, 3.8) is 0 Å². The second-order valence-electron chi connectivity index (χ2n) is 11.4. The minimum atomic E-state index is -1.09. The van der Waals surface area contributed by atoms with Crippen LogP contribution in [0.1, 0.15) is 78.6 Å². The Hall–Kier alpha value is -3.99. The summed E-state index contributed by atoms with van der Waals surface area (Å²) in [5, 5.41) is 5.95. The van der Waals surface area contributed by atoms with Crippen molar-refractivity contribution in [3.8, 4) is 11.5 Å². The van der Waals surface area contributed by atoms with Crippen LogP contribution in [0.2, 0.25) is 0 Å². The van der Waals surface area contributed by atoms with Gasteiger partial charge in [0.15, 0.2) is 5.60 Å². The fraction of sp³-hybridized carbons (Fsp3) is 0.343. The van der Waals surface area contributed by atoms with Gasteiger partial charge in [-0.25, -0.2) is 4.79 Å². The van der Waals surface area contributed by atoms with Gasteiger partial charge in [-0.1, -0.05) is 43.5 Å². The van der Waals surface area contributed by atoms with Gasteiger partial charge in [-0.15, -0.1) is 0 Å². The van der Waals surface area contributed by atoms with Gasteiger partial charge in [0.25, 0.3) is 0 Å². The molecule has 0 amide bonds. The highest BCUT2D eigenvalue weighted by Gasteiger charge is 2.54. The van der Waals surface area contributed by atoms with E-state index >= 15 is 0 Å². The number of ether oxygens (including phenoxy) is 2. The number of carbonyl (C=O) groups is 1. The van der Waals surface area contributed by atoms with Crippen molar-refractivity contribution in [1.29, 1.82) is 0 Å². The summed E-state index contributed by atoms with van der Waals surface area (Å²) in [6, 6.07) is 23.4. The second kappa shape index (κ2) is 9.58. The van der Waals surface area contributed by atoms with E-state index in [0.717, 1.165) is 69.0 Å². The molecule has 4 aromatic carbocycles. The molecule has 0 radical (unpaired) electrons. The molecular weight excluding hydrogens is 496 g/mol. The Balaban J connectivity index is 1.46. The van der Waals surface area contributed by atoms with E-state index in [-0.39, 0.29) is 5.97 Å². The first-order valence-corrected chi connectivity index (χ1v) is 14.8. The summed E-state index contributed by atoms with van der Waals surface area (Å²) in [6.45, 7) is 8.24. The molecule has 5 nitrogen and oxygen atoms in total. The predicted molar refractivity (Wildman–Crippen MR) is 161 cm³/mol. The van der Waals surface area contributed by atoms with Gasteiger partial charge in [-0.3, -0.25) is 0 Å². The van der Waals surface area contributed by atoms with Crippen molar-refractivity contribution in [1.82, 2.24) is 0 Å². The van der Waals surface area contributed by atoms with Gasteiger partial charge in [0.1, 0.15) is 11.5 Å². The summed E-state index contributed by atoms with van der Waals surface area (Å²) in [5.74, 6) is 1.18. The number of anilines is 2. The van der Waals surface area contributed by atoms with Crippen LogP contribution in [0.15, 0.2) is 66.7 Å². The molecule has 0 saturated heterocycles. The first-order valence-electron chi connectivity index (χ1n) is 14.8. The molecular formula is C35H36N2O3. The van der Waals surface area contributed by atoms with Crippen molar-refractivity contribution in [2.45, 2.75) is 64.5 Å². The summed E-state index contributed by atoms with van der Waals surface area (Å²) in [4.78, 5) is 16.0. The molecule has 5 heteroatoms. The third kappa shape index (κ3) is 3.78. The first kappa shape index (κ1) is 25.0. The molecule has 1 N–H and O–H groups in total. The third-order valence-electron chi connectivity index (χ3n) is 9.09. The molecule has 7 rings (SSSR count). The maximum atomic E-state index is 13.7. The molecule has 3 aliphatic rings. The molecule has 1 unspecified atom stereocenters. The minimum Gasteiger partial charge on any atom is -0.456 e. The SMILES string of the molecule is CCN(CC)c1ccc2c(c1)Oc1cc(C)c(NC3CCCCC3)cc1C21OC(=O)c2cc3ccccc3cc21. The summed E-state index contributed by atoms with van der Waals surface area (Å²) >= 11 is 0. The highest BCUT2D eigenvalue weighted by molar-refractivity contribution is 6.02. The van der Waals surface area contributed by atoms with Crippen LogP contribution in [0, 0.1) is 6.92 Å². The maximum Gasteiger partial charge on any atom is 0.340 e. The van der Waals surface area contributed by atoms with Gasteiger partial charge in [-0.2, -0.15) is 0 Å². The molecule has 2 aliphatic heterocycles. The maximum absolute atomic E-state index is 13.7. The Morgan fingerprint density at radius 1 is 0.850 bits per heavy atom. The number of benzene rings is 4. The second-order valence-corrected chi connectivity index (χ2v) is 11.4. The standard InChI is InChI=1S/C35H36N2O3/c1-4-37(5-2)26-15-16-28-33(20-26)39-32-17-22(3)31(36-25-13-7-6-8-14-25)21-30(32)35(28)29-19-24-12-10-9-11-23(24)18-27(29)34(38)40-35/h9-12,15-21,25,36H,4-8,13-14H2,1-3H3. The predicted octanol–water partition coefficient (Wildman–Crippen LogP) is 8.31. The Morgan fingerprint density at radius 2 is 1.57 bits per heavy atom. The molecule has 1 saturated carbocycles. The van der Waals surface area contributed by atoms with Crippen LogP contribution < -0.4 is 15.0 Å². The van der Waals surface area contributed by atoms with E-state index in [1.807, 2.05) is 24.3 Å². The monoisotopic (exact) mass is 532 g/mol. The number of hydrogen-bond acceptors (Lipinski definition) is 5. The van der Waals surface area contributed by atoms with Gasteiger partial charge >= 0.3 is 5.97 Å². The largest absolute Gasteiger partial charge is 0.456 e. The lowest BCUT2D eigenvalue weighted by atomic mass is 9.76. The van der Waals surface area contributed by atoms with E-state index in [1.165, 1.54) is 32.1 Å². The summed E-state index contributed by atoms with van der Waals surface area (Å²) < 4.78 is 13.2. The average Bonchev–Trinajstić information content (AvgIpc) is 3.25. The van der Waals surface area contributed by atoms with Crippen LogP contribution in [0.5, 0.6) is 11.5 Å². The van der Waals surface area contributed by atoms with Gasteiger partial charge in [-0.05, 0) is 86.3 Å². The fourth-order valence-corrected chi connectivity index (χ4v) is 6.95. The number of rotatable bonds is 5. The topological polar surface area (TPSA) is 50.8 Å². The Bertz CT molecular complexity index is 1630. The van der Waals surface area contributed by atoms with Crippen LogP contribution in [-0.4, -0.2) is 25.1 Å². The van der Waals surface area contributed by atoms with Crippen LogP contribution >= 0.6 is 0 Å². The highest BCUT2D eigenvalue weighted by Crippen LogP contribution is 2.58. The van der Waals surface area contributed by atoms with Crippen LogP contribution in [0.3, 0.4) is 0 Å². The molecule has 1 aliphatic carbocycles. The van der Waals surface area contributed by atoms with Crippen molar-refractivity contribution in [2.75, 3.05) is 23.3 Å². The van der Waals surface area contributed by atoms with Crippen molar-refractivity contribution < 1.29 is 14.3 Å². The molecule has 1 atom stereocenters. The van der Waals surface area contributed by atoms with E-state index in [1.54, 1.807) is 0 Å². The average molecular weight is 533 g/mol. The number of nitrogens with zero attached hydrogens (tertiary/aromatic N) is 1. The zero-order valence-corrected chi connectivity index (χ0v) is 23.5. The first-order chi connectivity index (χ1) is 19.5. The molecule has 204 valence electrons. The summed E-state index contributed by atoms with van der Waals surface area (Å²) in [7, 11) is 0. The van der Waals surface area contributed by atoms with E-state index in [4.69, 9.17) is 9.47 Å². The quantitative estimate of drug-likeness (QED) is 0.262. The van der Waals surface area contributed by atoms with Gasteiger partial charge in [0.05, 0.1) is 5.56 Å². The molecule has 1 spiro atoms. The molecule has 2 heterocycles. The Labute approximate surface area is 236 Å². The van der Waals surface area contributed by atoms with Crippen LogP contribution in [-0.2, 0) is 10.3 Å². The minimum absolute atomic E-state index is 0.297. The number of nitrogens with one attached hydrogen (secondary N) is 1. The fourth-order valence-electron chi connectivity index (χ4n) is 6.95. The van der Waals surface area contributed by atoms with Crippen molar-refractivity contribution in [2.24, 2.45) is 0 Å².